The zero-order valence-electron chi connectivity index (χ0n) is 15.5. The highest BCUT2D eigenvalue weighted by atomic mass is 35.5. The molecule has 148 valence electrons. The molecule has 0 aliphatic heterocycles. The first kappa shape index (κ1) is 20.1. The van der Waals surface area contributed by atoms with E-state index in [1.807, 2.05) is 48.5 Å². The van der Waals surface area contributed by atoms with Gasteiger partial charge in [-0.3, -0.25) is 4.79 Å². The van der Waals surface area contributed by atoms with E-state index in [-0.39, 0.29) is 27.7 Å². The summed E-state index contributed by atoms with van der Waals surface area (Å²) in [4.78, 5) is 13.2. The third-order valence-electron chi connectivity index (χ3n) is 4.92. The summed E-state index contributed by atoms with van der Waals surface area (Å²) in [6.07, 6.45) is 1.31. The molecule has 1 atom stereocenters. The van der Waals surface area contributed by atoms with Crippen molar-refractivity contribution in [3.8, 4) is 6.07 Å². The molecule has 0 amide bonds. The highest BCUT2D eigenvalue weighted by molar-refractivity contribution is 6.31. The minimum atomic E-state index is -1.19. The van der Waals surface area contributed by atoms with Gasteiger partial charge in [0.1, 0.15) is 11.7 Å². The van der Waals surface area contributed by atoms with Crippen LogP contribution in [0.15, 0.2) is 71.7 Å². The smallest absolute Gasteiger partial charge is 0.267 e. The summed E-state index contributed by atoms with van der Waals surface area (Å²) in [5, 5.41) is 16.1. The Bertz CT molecular complexity index is 1360. The Labute approximate surface area is 181 Å². The molecular weight excluding hydrogens is 424 g/mol. The van der Waals surface area contributed by atoms with Gasteiger partial charge in [-0.2, -0.15) is 10.4 Å². The van der Waals surface area contributed by atoms with Gasteiger partial charge in [-0.1, -0.05) is 71.7 Å². The van der Waals surface area contributed by atoms with Gasteiger partial charge < -0.3 is 0 Å². The number of nitrogens with zero attached hydrogens (tertiary/aromatic N) is 3. The van der Waals surface area contributed by atoms with Gasteiger partial charge in [0.15, 0.2) is 0 Å². The Hall–Kier alpha value is -3.20. The van der Waals surface area contributed by atoms with Crippen molar-refractivity contribution < 1.29 is 4.39 Å². The molecule has 0 fully saturated rings. The predicted molar refractivity (Wildman–Crippen MR) is 115 cm³/mol. The normalized spacial score (nSPS) is 11.9. The molecule has 1 heterocycles. The molecule has 30 heavy (non-hydrogen) atoms. The quantitative estimate of drug-likeness (QED) is 0.420. The van der Waals surface area contributed by atoms with Crippen LogP contribution >= 0.6 is 23.2 Å². The number of aromatic nitrogens is 2. The Morgan fingerprint density at radius 1 is 1.10 bits per heavy atom. The van der Waals surface area contributed by atoms with Gasteiger partial charge in [0.25, 0.3) is 5.56 Å². The maximum Gasteiger partial charge on any atom is 0.273 e. The molecule has 1 aromatic heterocycles. The second kappa shape index (κ2) is 8.27. The van der Waals surface area contributed by atoms with Crippen molar-refractivity contribution in [2.75, 3.05) is 0 Å². The van der Waals surface area contributed by atoms with E-state index in [2.05, 4.69) is 5.10 Å². The van der Waals surface area contributed by atoms with Crippen LogP contribution in [0.25, 0.3) is 10.8 Å². The first-order valence-electron chi connectivity index (χ1n) is 9.06. The first-order valence-corrected chi connectivity index (χ1v) is 9.82. The lowest BCUT2D eigenvalue weighted by atomic mass is 9.93. The summed E-state index contributed by atoms with van der Waals surface area (Å²) < 4.78 is 15.7. The minimum absolute atomic E-state index is 0.00932. The molecular formula is C23H14Cl2FN3O. The van der Waals surface area contributed by atoms with Crippen LogP contribution in [0.3, 0.4) is 0 Å². The van der Waals surface area contributed by atoms with E-state index in [1.165, 1.54) is 23.0 Å². The molecule has 4 nitrogen and oxygen atoms in total. The van der Waals surface area contributed by atoms with E-state index in [0.717, 1.165) is 22.4 Å². The van der Waals surface area contributed by atoms with Crippen molar-refractivity contribution in [3.63, 3.8) is 0 Å². The number of hydrogen-bond donors (Lipinski definition) is 0. The highest BCUT2D eigenvalue weighted by Crippen LogP contribution is 2.30. The van der Waals surface area contributed by atoms with Gasteiger partial charge in [-0.05, 0) is 28.5 Å². The average Bonchev–Trinajstić information content (AvgIpc) is 2.74. The predicted octanol–water partition coefficient (Wildman–Crippen LogP) is 5.55. The fourth-order valence-electron chi connectivity index (χ4n) is 3.47. The fraction of sp³-hybridized carbons (Fsp3) is 0.0870. The number of fused-ring (bicyclic) bond motifs is 1. The van der Waals surface area contributed by atoms with Crippen molar-refractivity contribution in [3.05, 3.63) is 110 Å². The largest absolute Gasteiger partial charge is 0.273 e. The van der Waals surface area contributed by atoms with E-state index in [4.69, 9.17) is 23.2 Å². The van der Waals surface area contributed by atoms with Gasteiger partial charge in [-0.25, -0.2) is 9.07 Å². The lowest BCUT2D eigenvalue weighted by Crippen LogP contribution is -2.28. The lowest BCUT2D eigenvalue weighted by molar-refractivity contribution is 0.602. The second-order valence-electron chi connectivity index (χ2n) is 6.74. The standard InChI is InChI=1S/C23H14Cl2FN3O/c24-16-8-9-18(21(26)10-16)19(11-27)22-20(25)12-28-29(23(22)30)13-15-6-3-5-14-4-1-2-7-17(14)15/h1-10,12,19H,13H2. The molecule has 4 rings (SSSR count). The number of nitriles is 1. The maximum absolute atomic E-state index is 14.5. The Morgan fingerprint density at radius 3 is 2.63 bits per heavy atom. The molecule has 0 saturated carbocycles. The van der Waals surface area contributed by atoms with Gasteiger partial charge in [0, 0.05) is 10.6 Å². The fourth-order valence-corrected chi connectivity index (χ4v) is 3.87. The first-order chi connectivity index (χ1) is 14.5. The van der Waals surface area contributed by atoms with E-state index >= 15 is 0 Å². The summed E-state index contributed by atoms with van der Waals surface area (Å²) in [5.74, 6) is -1.87. The van der Waals surface area contributed by atoms with E-state index in [9.17, 15) is 14.4 Å². The molecule has 1 unspecified atom stereocenters. The SMILES string of the molecule is N#CC(c1ccc(Cl)cc1F)c1c(Cl)cnn(Cc2cccc3ccccc23)c1=O. The van der Waals surface area contributed by atoms with Crippen LogP contribution in [0.5, 0.6) is 0 Å². The Morgan fingerprint density at radius 2 is 1.87 bits per heavy atom. The van der Waals surface area contributed by atoms with Gasteiger partial charge in [0.2, 0.25) is 0 Å². The minimum Gasteiger partial charge on any atom is -0.267 e. The molecule has 0 aliphatic rings. The number of hydrogen-bond acceptors (Lipinski definition) is 3. The molecule has 4 aromatic rings. The molecule has 0 N–H and O–H groups in total. The Kier molecular flexibility index (Phi) is 5.54. The molecule has 7 heteroatoms. The van der Waals surface area contributed by atoms with E-state index < -0.39 is 17.3 Å². The molecule has 0 spiro atoms. The molecule has 0 aliphatic carbocycles. The lowest BCUT2D eigenvalue weighted by Gasteiger charge is -2.15. The summed E-state index contributed by atoms with van der Waals surface area (Å²) in [6, 6.07) is 19.5. The molecule has 3 aromatic carbocycles. The van der Waals surface area contributed by atoms with Crippen molar-refractivity contribution in [2.24, 2.45) is 0 Å². The number of halogens is 3. The second-order valence-corrected chi connectivity index (χ2v) is 7.58. The topological polar surface area (TPSA) is 58.7 Å². The van der Waals surface area contributed by atoms with Crippen LogP contribution in [0.4, 0.5) is 4.39 Å². The summed E-state index contributed by atoms with van der Waals surface area (Å²) in [7, 11) is 0. The maximum atomic E-state index is 14.5. The van der Waals surface area contributed by atoms with Crippen molar-refractivity contribution >= 4 is 34.0 Å². The molecule has 0 radical (unpaired) electrons. The zero-order chi connectivity index (χ0) is 21.3. The molecule has 0 saturated heterocycles. The Balaban J connectivity index is 1.82. The van der Waals surface area contributed by atoms with Crippen LogP contribution in [-0.4, -0.2) is 9.78 Å². The number of rotatable bonds is 4. The van der Waals surface area contributed by atoms with E-state index in [1.54, 1.807) is 0 Å². The summed E-state index contributed by atoms with van der Waals surface area (Å²) in [6.45, 7) is 0.186. The van der Waals surface area contributed by atoms with E-state index in [0.29, 0.717) is 0 Å². The van der Waals surface area contributed by atoms with Crippen LogP contribution in [0.1, 0.15) is 22.6 Å². The van der Waals surface area contributed by atoms with Crippen molar-refractivity contribution in [2.45, 2.75) is 12.5 Å². The van der Waals surface area contributed by atoms with Crippen LogP contribution in [0, 0.1) is 17.1 Å². The summed E-state index contributed by atoms with van der Waals surface area (Å²) in [5.41, 5.74) is 0.359. The molecule has 0 bridgehead atoms. The van der Waals surface area contributed by atoms with Crippen LogP contribution < -0.4 is 5.56 Å². The third kappa shape index (κ3) is 3.68. The summed E-state index contributed by atoms with van der Waals surface area (Å²) >= 11 is 12.0. The highest BCUT2D eigenvalue weighted by Gasteiger charge is 2.25. The monoisotopic (exact) mass is 437 g/mol. The zero-order valence-corrected chi connectivity index (χ0v) is 17.0. The average molecular weight is 438 g/mol. The van der Waals surface area contributed by atoms with Gasteiger partial charge in [0.05, 0.1) is 29.4 Å². The van der Waals surface area contributed by atoms with Crippen LogP contribution in [-0.2, 0) is 6.54 Å². The van der Waals surface area contributed by atoms with Gasteiger partial charge >= 0.3 is 0 Å². The van der Waals surface area contributed by atoms with Crippen molar-refractivity contribution in [1.82, 2.24) is 9.78 Å². The van der Waals surface area contributed by atoms with Crippen LogP contribution in [0.2, 0.25) is 10.0 Å². The van der Waals surface area contributed by atoms with Crippen molar-refractivity contribution in [1.29, 1.82) is 5.26 Å². The third-order valence-corrected chi connectivity index (χ3v) is 5.46. The number of benzene rings is 3. The van der Waals surface area contributed by atoms with Gasteiger partial charge in [-0.15, -0.1) is 0 Å².